The van der Waals surface area contributed by atoms with E-state index in [2.05, 4.69) is 5.32 Å². The first kappa shape index (κ1) is 23.1. The minimum atomic E-state index is -3.65. The second-order valence-electron chi connectivity index (χ2n) is 7.13. The number of morpholine rings is 1. The standard InChI is InChI=1S/C22H28N2O6S/c1-3-12-29-20-6-4-5-7-21(20)30-16-22(25)23-19-15-18(9-8-17(19)2)31(26,27)24-10-13-28-14-11-24/h4-9,15H,3,10-14,16H2,1-2H3,(H,23,25). The number of para-hydroxylation sites is 2. The largest absolute Gasteiger partial charge is 0.490 e. The first-order valence-electron chi connectivity index (χ1n) is 10.2. The first-order valence-corrected chi connectivity index (χ1v) is 11.7. The van der Waals surface area contributed by atoms with Crippen molar-refractivity contribution < 1.29 is 27.4 Å². The summed E-state index contributed by atoms with van der Waals surface area (Å²) in [5.41, 5.74) is 1.18. The summed E-state index contributed by atoms with van der Waals surface area (Å²) in [4.78, 5) is 12.6. The zero-order valence-corrected chi connectivity index (χ0v) is 18.6. The number of ether oxygens (including phenoxy) is 3. The Bertz CT molecular complexity index is 1000. The predicted octanol–water partition coefficient (Wildman–Crippen LogP) is 2.82. The zero-order chi connectivity index (χ0) is 22.3. The van der Waals surface area contributed by atoms with E-state index in [1.807, 2.05) is 13.0 Å². The van der Waals surface area contributed by atoms with Crippen molar-refractivity contribution in [3.8, 4) is 11.5 Å². The molecule has 0 aliphatic carbocycles. The maximum Gasteiger partial charge on any atom is 0.262 e. The molecule has 1 amide bonds. The predicted molar refractivity (Wildman–Crippen MR) is 117 cm³/mol. The highest BCUT2D eigenvalue weighted by Crippen LogP contribution is 2.27. The molecule has 2 aromatic carbocycles. The van der Waals surface area contributed by atoms with Crippen molar-refractivity contribution in [3.63, 3.8) is 0 Å². The van der Waals surface area contributed by atoms with Crippen molar-refractivity contribution in [2.75, 3.05) is 44.8 Å². The summed E-state index contributed by atoms with van der Waals surface area (Å²) < 4.78 is 43.7. The number of carbonyl (C=O) groups excluding carboxylic acids is 1. The van der Waals surface area contributed by atoms with Gasteiger partial charge in [0.15, 0.2) is 18.1 Å². The van der Waals surface area contributed by atoms with E-state index in [0.717, 1.165) is 12.0 Å². The highest BCUT2D eigenvalue weighted by molar-refractivity contribution is 7.89. The number of sulfonamides is 1. The van der Waals surface area contributed by atoms with Crippen molar-refractivity contribution >= 4 is 21.6 Å². The number of nitrogens with zero attached hydrogens (tertiary/aromatic N) is 1. The van der Waals surface area contributed by atoms with Gasteiger partial charge in [-0.2, -0.15) is 4.31 Å². The molecule has 31 heavy (non-hydrogen) atoms. The maximum absolute atomic E-state index is 12.9. The van der Waals surface area contributed by atoms with Crippen molar-refractivity contribution in [1.29, 1.82) is 0 Å². The van der Waals surface area contributed by atoms with Crippen LogP contribution in [0.4, 0.5) is 5.69 Å². The Morgan fingerprint density at radius 1 is 1.10 bits per heavy atom. The van der Waals surface area contributed by atoms with Gasteiger partial charge in [0.05, 0.1) is 24.7 Å². The summed E-state index contributed by atoms with van der Waals surface area (Å²) in [7, 11) is -3.65. The summed E-state index contributed by atoms with van der Waals surface area (Å²) in [5, 5.41) is 2.75. The molecule has 3 rings (SSSR count). The number of hydrogen-bond acceptors (Lipinski definition) is 6. The molecular weight excluding hydrogens is 420 g/mol. The number of benzene rings is 2. The van der Waals surface area contributed by atoms with E-state index in [9.17, 15) is 13.2 Å². The fourth-order valence-corrected chi connectivity index (χ4v) is 4.50. The molecular formula is C22H28N2O6S. The lowest BCUT2D eigenvalue weighted by molar-refractivity contribution is -0.118. The molecule has 0 spiro atoms. The molecule has 1 aliphatic heterocycles. The van der Waals surface area contributed by atoms with E-state index < -0.39 is 15.9 Å². The molecule has 0 radical (unpaired) electrons. The molecule has 0 atom stereocenters. The third-order valence-corrected chi connectivity index (χ3v) is 6.66. The van der Waals surface area contributed by atoms with Crippen LogP contribution in [0.5, 0.6) is 11.5 Å². The number of carbonyl (C=O) groups is 1. The van der Waals surface area contributed by atoms with Crippen molar-refractivity contribution in [3.05, 3.63) is 48.0 Å². The molecule has 1 heterocycles. The first-order chi connectivity index (χ1) is 14.9. The third-order valence-electron chi connectivity index (χ3n) is 4.76. The van der Waals surface area contributed by atoms with Crippen LogP contribution in [0.25, 0.3) is 0 Å². The topological polar surface area (TPSA) is 94.2 Å². The fourth-order valence-electron chi connectivity index (χ4n) is 3.06. The van der Waals surface area contributed by atoms with Gasteiger partial charge >= 0.3 is 0 Å². The van der Waals surface area contributed by atoms with Gasteiger partial charge < -0.3 is 19.5 Å². The van der Waals surface area contributed by atoms with Gasteiger partial charge in [-0.05, 0) is 43.2 Å². The van der Waals surface area contributed by atoms with Gasteiger partial charge in [0.25, 0.3) is 5.91 Å². The Morgan fingerprint density at radius 3 is 2.45 bits per heavy atom. The normalized spacial score (nSPS) is 14.8. The minimum absolute atomic E-state index is 0.134. The number of hydrogen-bond donors (Lipinski definition) is 1. The van der Waals surface area contributed by atoms with Crippen LogP contribution in [-0.4, -0.2) is 58.1 Å². The van der Waals surface area contributed by atoms with E-state index in [4.69, 9.17) is 14.2 Å². The lowest BCUT2D eigenvalue weighted by atomic mass is 10.2. The van der Waals surface area contributed by atoms with Crippen LogP contribution < -0.4 is 14.8 Å². The third kappa shape index (κ3) is 5.96. The van der Waals surface area contributed by atoms with Crippen LogP contribution in [0.15, 0.2) is 47.4 Å². The van der Waals surface area contributed by atoms with Gasteiger partial charge in [-0.15, -0.1) is 0 Å². The van der Waals surface area contributed by atoms with Gasteiger partial charge in [0.2, 0.25) is 10.0 Å². The van der Waals surface area contributed by atoms with E-state index >= 15 is 0 Å². The quantitative estimate of drug-likeness (QED) is 0.634. The molecule has 168 valence electrons. The smallest absolute Gasteiger partial charge is 0.262 e. The highest BCUT2D eigenvalue weighted by Gasteiger charge is 2.27. The Morgan fingerprint density at radius 2 is 1.77 bits per heavy atom. The summed E-state index contributed by atoms with van der Waals surface area (Å²) in [5.74, 6) is 0.660. The van der Waals surface area contributed by atoms with E-state index in [1.165, 1.54) is 10.4 Å². The van der Waals surface area contributed by atoms with Crippen molar-refractivity contribution in [2.24, 2.45) is 0 Å². The molecule has 8 nitrogen and oxygen atoms in total. The van der Waals surface area contributed by atoms with E-state index in [0.29, 0.717) is 50.1 Å². The molecule has 1 N–H and O–H groups in total. The average Bonchev–Trinajstić information content (AvgIpc) is 2.78. The highest BCUT2D eigenvalue weighted by atomic mass is 32.2. The van der Waals surface area contributed by atoms with Crippen molar-refractivity contribution in [1.82, 2.24) is 4.31 Å². The Kier molecular flexibility index (Phi) is 7.89. The molecule has 0 aromatic heterocycles. The molecule has 1 saturated heterocycles. The second-order valence-corrected chi connectivity index (χ2v) is 9.06. The SMILES string of the molecule is CCCOc1ccccc1OCC(=O)Nc1cc(S(=O)(=O)N2CCOCC2)ccc1C. The van der Waals surface area contributed by atoms with Crippen LogP contribution in [-0.2, 0) is 19.6 Å². The number of amides is 1. The summed E-state index contributed by atoms with van der Waals surface area (Å²) in [6.07, 6.45) is 0.859. The maximum atomic E-state index is 12.9. The lowest BCUT2D eigenvalue weighted by Crippen LogP contribution is -2.40. The van der Waals surface area contributed by atoms with E-state index in [-0.39, 0.29) is 11.5 Å². The van der Waals surface area contributed by atoms with Crippen molar-refractivity contribution in [2.45, 2.75) is 25.2 Å². The Hall–Kier alpha value is -2.62. The van der Waals surface area contributed by atoms with Gasteiger partial charge in [-0.3, -0.25) is 4.79 Å². The van der Waals surface area contributed by atoms with Crippen LogP contribution in [0.1, 0.15) is 18.9 Å². The monoisotopic (exact) mass is 448 g/mol. The molecule has 0 bridgehead atoms. The van der Waals surface area contributed by atoms with Gasteiger partial charge in [0, 0.05) is 18.8 Å². The number of nitrogens with one attached hydrogen (secondary N) is 1. The van der Waals surface area contributed by atoms with Crippen LogP contribution in [0.3, 0.4) is 0 Å². The molecule has 1 aliphatic rings. The fraction of sp³-hybridized carbons (Fsp3) is 0.409. The number of rotatable bonds is 9. The minimum Gasteiger partial charge on any atom is -0.490 e. The van der Waals surface area contributed by atoms with Gasteiger partial charge in [-0.25, -0.2) is 8.42 Å². The molecule has 1 fully saturated rings. The number of aryl methyl sites for hydroxylation is 1. The molecule has 0 unspecified atom stereocenters. The molecule has 2 aromatic rings. The Labute approximate surface area is 183 Å². The zero-order valence-electron chi connectivity index (χ0n) is 17.8. The Balaban J connectivity index is 1.67. The lowest BCUT2D eigenvalue weighted by Gasteiger charge is -2.26. The molecule has 9 heteroatoms. The number of anilines is 1. The molecule has 0 saturated carbocycles. The summed E-state index contributed by atoms with van der Waals surface area (Å²) >= 11 is 0. The summed E-state index contributed by atoms with van der Waals surface area (Å²) in [6.45, 7) is 5.49. The van der Waals surface area contributed by atoms with Crippen LogP contribution in [0, 0.1) is 6.92 Å². The van der Waals surface area contributed by atoms with E-state index in [1.54, 1.807) is 37.3 Å². The second kappa shape index (κ2) is 10.6. The van der Waals surface area contributed by atoms with Gasteiger partial charge in [0.1, 0.15) is 0 Å². The summed E-state index contributed by atoms with van der Waals surface area (Å²) in [6, 6.07) is 11.9. The average molecular weight is 449 g/mol. The van der Waals surface area contributed by atoms with Crippen LogP contribution >= 0.6 is 0 Å². The van der Waals surface area contributed by atoms with Gasteiger partial charge in [-0.1, -0.05) is 25.1 Å². The van der Waals surface area contributed by atoms with Crippen LogP contribution in [0.2, 0.25) is 0 Å².